The van der Waals surface area contributed by atoms with E-state index in [2.05, 4.69) is 4.98 Å². The summed E-state index contributed by atoms with van der Waals surface area (Å²) in [6.45, 7) is 4.75. The molecule has 0 spiro atoms. The number of imidazole rings is 1. The van der Waals surface area contributed by atoms with Gasteiger partial charge in [0, 0.05) is 6.07 Å². The third-order valence-corrected chi connectivity index (χ3v) is 3.25. The number of benzene rings is 1. The Morgan fingerprint density at radius 2 is 2.19 bits per heavy atom. The largest absolute Gasteiger partial charge is 0.494 e. The van der Waals surface area contributed by atoms with Crippen molar-refractivity contribution in [2.24, 2.45) is 0 Å². The van der Waals surface area contributed by atoms with E-state index in [4.69, 9.17) is 4.74 Å². The number of aliphatic carboxylic acids is 1. The summed E-state index contributed by atoms with van der Waals surface area (Å²) in [7, 11) is 3.86. The van der Waals surface area contributed by atoms with Gasteiger partial charge >= 0.3 is 5.97 Å². The zero-order valence-electron chi connectivity index (χ0n) is 12.8. The maximum absolute atomic E-state index is 11.4. The van der Waals surface area contributed by atoms with Crippen molar-refractivity contribution < 1.29 is 14.6 Å². The molecule has 0 amide bonds. The maximum Gasteiger partial charge on any atom is 0.326 e. The van der Waals surface area contributed by atoms with E-state index in [1.807, 2.05) is 44.1 Å². The number of nitrogens with zero attached hydrogens (tertiary/aromatic N) is 3. The molecule has 0 aliphatic rings. The van der Waals surface area contributed by atoms with Crippen LogP contribution in [0.3, 0.4) is 0 Å². The molecule has 0 fully saturated rings. The van der Waals surface area contributed by atoms with Crippen LogP contribution in [0.5, 0.6) is 5.75 Å². The third-order valence-electron chi connectivity index (χ3n) is 3.25. The van der Waals surface area contributed by atoms with Crippen LogP contribution in [0.15, 0.2) is 18.2 Å². The van der Waals surface area contributed by atoms with Gasteiger partial charge in [-0.2, -0.15) is 0 Å². The number of carboxylic acid groups (broad SMARTS) is 1. The molecule has 0 aliphatic carbocycles. The second-order valence-electron chi connectivity index (χ2n) is 5.23. The number of carboxylic acids is 1. The summed E-state index contributed by atoms with van der Waals surface area (Å²) in [5, 5.41) is 9.32. The van der Waals surface area contributed by atoms with Crippen LogP contribution in [0.2, 0.25) is 0 Å². The molecular formula is C15H21N3O3. The molecule has 2 rings (SSSR count). The molecule has 0 radical (unpaired) electrons. The molecule has 0 saturated heterocycles. The molecule has 1 aromatic carbocycles. The maximum atomic E-state index is 11.4. The number of carbonyl (C=O) groups is 1. The number of ether oxygens (including phenoxy) is 1. The Balaban J connectivity index is 2.57. The summed E-state index contributed by atoms with van der Waals surface area (Å²) in [6.07, 6.45) is 0. The topological polar surface area (TPSA) is 67.6 Å². The van der Waals surface area contributed by atoms with E-state index in [0.29, 0.717) is 13.2 Å². The number of aromatic nitrogens is 2. The van der Waals surface area contributed by atoms with E-state index in [0.717, 1.165) is 22.6 Å². The first-order valence-corrected chi connectivity index (χ1v) is 6.95. The van der Waals surface area contributed by atoms with Gasteiger partial charge in [0.1, 0.15) is 17.6 Å². The molecule has 0 saturated carbocycles. The molecule has 6 nitrogen and oxygen atoms in total. The fourth-order valence-corrected chi connectivity index (χ4v) is 2.32. The number of hydrogen-bond donors (Lipinski definition) is 1. The van der Waals surface area contributed by atoms with Crippen LogP contribution in [-0.2, 0) is 11.3 Å². The van der Waals surface area contributed by atoms with Gasteiger partial charge in [0.05, 0.1) is 24.2 Å². The van der Waals surface area contributed by atoms with Gasteiger partial charge in [-0.1, -0.05) is 0 Å². The quantitative estimate of drug-likeness (QED) is 0.883. The lowest BCUT2D eigenvalue weighted by molar-refractivity contribution is -0.140. The van der Waals surface area contributed by atoms with Gasteiger partial charge in [0.25, 0.3) is 0 Å². The van der Waals surface area contributed by atoms with E-state index in [-0.39, 0.29) is 0 Å². The van der Waals surface area contributed by atoms with Gasteiger partial charge in [-0.3, -0.25) is 0 Å². The number of rotatable bonds is 6. The summed E-state index contributed by atoms with van der Waals surface area (Å²) in [5.41, 5.74) is 1.57. The minimum atomic E-state index is -0.872. The minimum absolute atomic E-state index is 0.580. The lowest BCUT2D eigenvalue weighted by atomic mass is 10.2. The molecule has 1 unspecified atom stereocenters. The van der Waals surface area contributed by atoms with E-state index < -0.39 is 12.0 Å². The molecule has 21 heavy (non-hydrogen) atoms. The van der Waals surface area contributed by atoms with Gasteiger partial charge in [0.15, 0.2) is 0 Å². The predicted molar refractivity (Wildman–Crippen MR) is 80.6 cm³/mol. The molecule has 1 aromatic heterocycles. The molecular weight excluding hydrogens is 270 g/mol. The van der Waals surface area contributed by atoms with Crippen LogP contribution in [-0.4, -0.2) is 46.2 Å². The Kier molecular flexibility index (Phi) is 4.47. The third kappa shape index (κ3) is 3.16. The van der Waals surface area contributed by atoms with Crippen molar-refractivity contribution in [3.63, 3.8) is 0 Å². The highest BCUT2D eigenvalue weighted by molar-refractivity contribution is 5.81. The van der Waals surface area contributed by atoms with Crippen molar-refractivity contribution in [1.29, 1.82) is 0 Å². The van der Waals surface area contributed by atoms with Crippen LogP contribution in [0, 0.1) is 0 Å². The smallest absolute Gasteiger partial charge is 0.326 e. The zero-order chi connectivity index (χ0) is 15.6. The monoisotopic (exact) mass is 291 g/mol. The summed E-state index contributed by atoms with van der Waals surface area (Å²) in [6, 6.07) is 4.90. The molecule has 0 aliphatic heterocycles. The minimum Gasteiger partial charge on any atom is -0.494 e. The average molecular weight is 291 g/mol. The van der Waals surface area contributed by atoms with Crippen molar-refractivity contribution in [3.8, 4) is 5.75 Å². The van der Waals surface area contributed by atoms with Gasteiger partial charge in [-0.15, -0.1) is 0 Å². The average Bonchev–Trinajstić information content (AvgIpc) is 2.74. The molecule has 2 aromatic rings. The summed E-state index contributed by atoms with van der Waals surface area (Å²) >= 11 is 0. The predicted octanol–water partition coefficient (Wildman–Crippen LogP) is 2.14. The van der Waals surface area contributed by atoms with Crippen LogP contribution in [0.4, 0.5) is 0 Å². The van der Waals surface area contributed by atoms with Crippen LogP contribution in [0.25, 0.3) is 11.0 Å². The lowest BCUT2D eigenvalue weighted by Crippen LogP contribution is -2.21. The lowest BCUT2D eigenvalue weighted by Gasteiger charge is -2.16. The molecule has 0 bridgehead atoms. The fraction of sp³-hybridized carbons (Fsp3) is 0.467. The van der Waals surface area contributed by atoms with Gasteiger partial charge in [-0.05, 0) is 40.1 Å². The Bertz CT molecular complexity index is 649. The van der Waals surface area contributed by atoms with Crippen LogP contribution >= 0.6 is 0 Å². The Hall–Kier alpha value is -2.08. The Labute approximate surface area is 124 Å². The highest BCUT2D eigenvalue weighted by atomic mass is 16.5. The van der Waals surface area contributed by atoms with Crippen molar-refractivity contribution >= 4 is 17.0 Å². The Morgan fingerprint density at radius 3 is 2.76 bits per heavy atom. The SMILES string of the molecule is CCOc1ccc2c(c1)nc(CN(C)C)n2C(C)C(=O)O. The first-order chi connectivity index (χ1) is 9.93. The highest BCUT2D eigenvalue weighted by Gasteiger charge is 2.21. The van der Waals surface area contributed by atoms with Crippen molar-refractivity contribution in [2.45, 2.75) is 26.4 Å². The van der Waals surface area contributed by atoms with Crippen molar-refractivity contribution in [2.75, 3.05) is 20.7 Å². The molecule has 6 heteroatoms. The number of fused-ring (bicyclic) bond motifs is 1. The summed E-state index contributed by atoms with van der Waals surface area (Å²) < 4.78 is 7.25. The van der Waals surface area contributed by atoms with E-state index in [1.54, 1.807) is 11.5 Å². The second kappa shape index (κ2) is 6.13. The van der Waals surface area contributed by atoms with E-state index in [9.17, 15) is 9.90 Å². The van der Waals surface area contributed by atoms with Gasteiger partial charge in [0.2, 0.25) is 0 Å². The van der Waals surface area contributed by atoms with Crippen LogP contribution in [0.1, 0.15) is 25.7 Å². The van der Waals surface area contributed by atoms with Gasteiger partial charge < -0.3 is 19.3 Å². The summed E-state index contributed by atoms with van der Waals surface area (Å²) in [5.74, 6) is 0.607. The zero-order valence-corrected chi connectivity index (χ0v) is 12.8. The normalized spacial score (nSPS) is 12.8. The molecule has 1 atom stereocenters. The first-order valence-electron chi connectivity index (χ1n) is 6.95. The fourth-order valence-electron chi connectivity index (χ4n) is 2.32. The van der Waals surface area contributed by atoms with Crippen LogP contribution < -0.4 is 4.74 Å². The van der Waals surface area contributed by atoms with Gasteiger partial charge in [-0.25, -0.2) is 9.78 Å². The van der Waals surface area contributed by atoms with E-state index >= 15 is 0 Å². The van der Waals surface area contributed by atoms with Crippen molar-refractivity contribution in [1.82, 2.24) is 14.5 Å². The molecule has 1 heterocycles. The Morgan fingerprint density at radius 1 is 1.48 bits per heavy atom. The summed E-state index contributed by atoms with van der Waals surface area (Å²) in [4.78, 5) is 17.9. The first kappa shape index (κ1) is 15.3. The highest BCUT2D eigenvalue weighted by Crippen LogP contribution is 2.26. The number of hydrogen-bond acceptors (Lipinski definition) is 4. The standard InChI is InChI=1S/C15H21N3O3/c1-5-21-11-6-7-13-12(8-11)16-14(9-17(3)4)18(13)10(2)15(19)20/h6-8,10H,5,9H2,1-4H3,(H,19,20). The second-order valence-corrected chi connectivity index (χ2v) is 5.23. The van der Waals surface area contributed by atoms with E-state index in [1.165, 1.54) is 0 Å². The molecule has 114 valence electrons. The van der Waals surface area contributed by atoms with Crippen molar-refractivity contribution in [3.05, 3.63) is 24.0 Å². The molecule has 1 N–H and O–H groups in total.